The third-order valence-electron chi connectivity index (χ3n) is 3.45. The SMILES string of the molecule is CC(C)COn1c(N/N=C\c2ccccc2)nc2ccccc2c1=O. The van der Waals surface area contributed by atoms with Gasteiger partial charge in [-0.1, -0.05) is 56.3 Å². The van der Waals surface area contributed by atoms with Crippen LogP contribution in [-0.2, 0) is 0 Å². The predicted octanol–water partition coefficient (Wildman–Crippen LogP) is 2.93. The first-order chi connectivity index (χ1) is 12.1. The largest absolute Gasteiger partial charge is 0.407 e. The van der Waals surface area contributed by atoms with Gasteiger partial charge < -0.3 is 4.84 Å². The number of nitrogens with one attached hydrogen (secondary N) is 1. The molecule has 6 nitrogen and oxygen atoms in total. The van der Waals surface area contributed by atoms with Crippen molar-refractivity contribution in [2.24, 2.45) is 11.0 Å². The van der Waals surface area contributed by atoms with Crippen LogP contribution < -0.4 is 15.8 Å². The monoisotopic (exact) mass is 336 g/mol. The van der Waals surface area contributed by atoms with Gasteiger partial charge in [0.2, 0.25) is 0 Å². The first-order valence-electron chi connectivity index (χ1n) is 8.14. The van der Waals surface area contributed by atoms with Crippen LogP contribution in [0.25, 0.3) is 10.9 Å². The van der Waals surface area contributed by atoms with Crippen molar-refractivity contribution in [3.63, 3.8) is 0 Å². The minimum atomic E-state index is -0.260. The molecule has 0 radical (unpaired) electrons. The zero-order valence-electron chi connectivity index (χ0n) is 14.2. The number of hydrogen-bond acceptors (Lipinski definition) is 5. The van der Waals surface area contributed by atoms with Crippen molar-refractivity contribution in [1.29, 1.82) is 0 Å². The third-order valence-corrected chi connectivity index (χ3v) is 3.45. The van der Waals surface area contributed by atoms with E-state index in [2.05, 4.69) is 15.5 Å². The summed E-state index contributed by atoms with van der Waals surface area (Å²) in [7, 11) is 0. The van der Waals surface area contributed by atoms with Crippen molar-refractivity contribution in [2.45, 2.75) is 13.8 Å². The second-order valence-corrected chi connectivity index (χ2v) is 6.02. The normalized spacial score (nSPS) is 11.3. The van der Waals surface area contributed by atoms with Crippen molar-refractivity contribution in [1.82, 2.24) is 9.71 Å². The Hall–Kier alpha value is -3.15. The minimum absolute atomic E-state index is 0.247. The second kappa shape index (κ2) is 7.61. The highest BCUT2D eigenvalue weighted by Gasteiger charge is 2.12. The number of fused-ring (bicyclic) bond motifs is 1. The molecule has 0 fully saturated rings. The lowest BCUT2D eigenvalue weighted by Crippen LogP contribution is -2.31. The van der Waals surface area contributed by atoms with Crippen LogP contribution in [0.15, 0.2) is 64.5 Å². The smallest absolute Gasteiger partial charge is 0.295 e. The average Bonchev–Trinajstić information content (AvgIpc) is 2.62. The number of para-hydroxylation sites is 1. The number of anilines is 1. The van der Waals surface area contributed by atoms with Crippen LogP contribution in [0.3, 0.4) is 0 Å². The molecule has 0 aliphatic carbocycles. The van der Waals surface area contributed by atoms with E-state index in [1.165, 1.54) is 4.73 Å². The Morgan fingerprint density at radius 2 is 1.88 bits per heavy atom. The molecule has 25 heavy (non-hydrogen) atoms. The van der Waals surface area contributed by atoms with Crippen molar-refractivity contribution in [3.05, 3.63) is 70.5 Å². The van der Waals surface area contributed by atoms with Crippen LogP contribution in [0.2, 0.25) is 0 Å². The van der Waals surface area contributed by atoms with E-state index in [-0.39, 0.29) is 17.4 Å². The molecule has 0 saturated carbocycles. The summed E-state index contributed by atoms with van der Waals surface area (Å²) in [6.45, 7) is 4.43. The number of aromatic nitrogens is 2. The molecule has 1 aromatic heterocycles. The van der Waals surface area contributed by atoms with E-state index in [1.54, 1.807) is 24.4 Å². The molecule has 128 valence electrons. The van der Waals surface area contributed by atoms with E-state index < -0.39 is 0 Å². The summed E-state index contributed by atoms with van der Waals surface area (Å²) in [6, 6.07) is 16.8. The highest BCUT2D eigenvalue weighted by Crippen LogP contribution is 2.10. The highest BCUT2D eigenvalue weighted by molar-refractivity contribution is 5.80. The summed E-state index contributed by atoms with van der Waals surface area (Å²) in [5, 5.41) is 4.67. The molecule has 0 spiro atoms. The zero-order valence-corrected chi connectivity index (χ0v) is 14.2. The van der Waals surface area contributed by atoms with E-state index in [0.29, 0.717) is 17.5 Å². The Morgan fingerprint density at radius 1 is 1.16 bits per heavy atom. The summed E-state index contributed by atoms with van der Waals surface area (Å²) in [6.07, 6.45) is 1.66. The average molecular weight is 336 g/mol. The van der Waals surface area contributed by atoms with Crippen LogP contribution in [0, 0.1) is 5.92 Å². The van der Waals surface area contributed by atoms with Crippen LogP contribution in [0.4, 0.5) is 5.95 Å². The summed E-state index contributed by atoms with van der Waals surface area (Å²) in [5.41, 5.74) is 4.08. The maximum atomic E-state index is 12.7. The van der Waals surface area contributed by atoms with Crippen molar-refractivity contribution >= 4 is 23.1 Å². The fourth-order valence-corrected chi connectivity index (χ4v) is 2.23. The molecule has 0 aliphatic heterocycles. The first kappa shape index (κ1) is 16.7. The van der Waals surface area contributed by atoms with E-state index in [1.807, 2.05) is 50.2 Å². The molecule has 3 aromatic rings. The molecular formula is C19H20N4O2. The first-order valence-corrected chi connectivity index (χ1v) is 8.14. The molecule has 6 heteroatoms. The van der Waals surface area contributed by atoms with E-state index in [0.717, 1.165) is 5.56 Å². The third kappa shape index (κ3) is 4.03. The van der Waals surface area contributed by atoms with Crippen molar-refractivity contribution in [3.8, 4) is 0 Å². The molecule has 0 bridgehead atoms. The Kier molecular flexibility index (Phi) is 5.09. The van der Waals surface area contributed by atoms with Gasteiger partial charge >= 0.3 is 0 Å². The lowest BCUT2D eigenvalue weighted by Gasteiger charge is -2.14. The van der Waals surface area contributed by atoms with Gasteiger partial charge in [-0.05, 0) is 23.6 Å². The van der Waals surface area contributed by atoms with E-state index in [9.17, 15) is 4.79 Å². The Balaban J connectivity index is 1.95. The number of hydrazone groups is 1. The Bertz CT molecular complexity index is 933. The molecule has 0 aliphatic rings. The summed E-state index contributed by atoms with van der Waals surface area (Å²) < 4.78 is 1.17. The Labute approximate surface area is 145 Å². The van der Waals surface area contributed by atoms with Crippen LogP contribution >= 0.6 is 0 Å². The van der Waals surface area contributed by atoms with Gasteiger partial charge in [0, 0.05) is 0 Å². The maximum Gasteiger partial charge on any atom is 0.295 e. The van der Waals surface area contributed by atoms with E-state index in [4.69, 9.17) is 4.84 Å². The summed E-state index contributed by atoms with van der Waals surface area (Å²) in [4.78, 5) is 22.8. The van der Waals surface area contributed by atoms with Gasteiger partial charge in [0.1, 0.15) is 6.61 Å². The maximum absolute atomic E-state index is 12.7. The molecule has 1 heterocycles. The molecule has 0 amide bonds. The molecule has 0 saturated heterocycles. The number of benzene rings is 2. The molecular weight excluding hydrogens is 316 g/mol. The predicted molar refractivity (Wildman–Crippen MR) is 99.9 cm³/mol. The standard InChI is InChI=1S/C19H20N4O2/c1-14(2)13-25-23-18(24)16-10-6-7-11-17(16)21-19(23)22-20-12-15-8-4-3-5-9-15/h3-12,14H,13H2,1-2H3,(H,21,22)/b20-12-. The van der Waals surface area contributed by atoms with Gasteiger partial charge in [0.25, 0.3) is 11.5 Å². The summed E-state index contributed by atoms with van der Waals surface area (Å²) in [5.74, 6) is 0.524. The highest BCUT2D eigenvalue weighted by atomic mass is 16.7. The van der Waals surface area contributed by atoms with Crippen LogP contribution in [0.1, 0.15) is 19.4 Å². The van der Waals surface area contributed by atoms with Crippen LogP contribution in [-0.4, -0.2) is 22.5 Å². The van der Waals surface area contributed by atoms with Gasteiger partial charge in [-0.25, -0.2) is 10.4 Å². The zero-order chi connectivity index (χ0) is 17.6. The number of hydrogen-bond donors (Lipinski definition) is 1. The van der Waals surface area contributed by atoms with E-state index >= 15 is 0 Å². The molecule has 0 atom stereocenters. The van der Waals surface area contributed by atoms with Gasteiger partial charge in [-0.3, -0.25) is 4.79 Å². The van der Waals surface area contributed by atoms with Crippen molar-refractivity contribution < 1.29 is 4.84 Å². The topological polar surface area (TPSA) is 68.5 Å². The Morgan fingerprint density at radius 3 is 2.64 bits per heavy atom. The molecule has 3 rings (SSSR count). The number of nitrogens with zero attached hydrogens (tertiary/aromatic N) is 3. The fraction of sp³-hybridized carbons (Fsp3) is 0.211. The second-order valence-electron chi connectivity index (χ2n) is 6.02. The number of rotatable bonds is 6. The van der Waals surface area contributed by atoms with Gasteiger partial charge in [0.05, 0.1) is 17.1 Å². The summed E-state index contributed by atoms with van der Waals surface area (Å²) >= 11 is 0. The lowest BCUT2D eigenvalue weighted by molar-refractivity contribution is 0.0848. The van der Waals surface area contributed by atoms with Crippen molar-refractivity contribution in [2.75, 3.05) is 12.0 Å². The quantitative estimate of drug-likeness (QED) is 0.555. The van der Waals surface area contributed by atoms with Gasteiger partial charge in [-0.2, -0.15) is 5.10 Å². The van der Waals surface area contributed by atoms with Gasteiger partial charge in [0.15, 0.2) is 0 Å². The molecule has 1 N–H and O–H groups in total. The van der Waals surface area contributed by atoms with Crippen LogP contribution in [0.5, 0.6) is 0 Å². The fourth-order valence-electron chi connectivity index (χ4n) is 2.23. The van der Waals surface area contributed by atoms with Gasteiger partial charge in [-0.15, -0.1) is 4.73 Å². The molecule has 0 unspecified atom stereocenters. The minimum Gasteiger partial charge on any atom is -0.407 e. The molecule has 2 aromatic carbocycles. The lowest BCUT2D eigenvalue weighted by atomic mass is 10.2.